The minimum absolute atomic E-state index is 0.0315. The van der Waals surface area contributed by atoms with Crippen LogP contribution in [0.4, 0.5) is 10.6 Å². The van der Waals surface area contributed by atoms with Gasteiger partial charge in [0.05, 0.1) is 6.20 Å². The molecule has 1 saturated heterocycles. The number of fused-ring (bicyclic) bond motifs is 1. The first-order valence-electron chi connectivity index (χ1n) is 10.8. The smallest absolute Gasteiger partial charge is 0.320 e. The van der Waals surface area contributed by atoms with E-state index >= 15 is 0 Å². The third-order valence-corrected chi connectivity index (χ3v) is 7.08. The maximum Gasteiger partial charge on any atom is 0.320 e. The number of carbonyl (C=O) groups is 2. The minimum Gasteiger partial charge on any atom is -0.361 e. The predicted molar refractivity (Wildman–Crippen MR) is 124 cm³/mol. The van der Waals surface area contributed by atoms with Crippen molar-refractivity contribution >= 4 is 37.0 Å². The largest absolute Gasteiger partial charge is 0.361 e. The number of hydrogen-bond donors (Lipinski definition) is 2. The number of hydrogen-bond acceptors (Lipinski definition) is 5. The van der Waals surface area contributed by atoms with Gasteiger partial charge in [-0.25, -0.2) is 14.8 Å². The topological polar surface area (TPSA) is 101 Å². The van der Waals surface area contributed by atoms with Gasteiger partial charge in [0.1, 0.15) is 12.2 Å². The third kappa shape index (κ3) is 6.76. The molecule has 0 radical (unpaired) electrons. The van der Waals surface area contributed by atoms with Gasteiger partial charge < -0.3 is 19.5 Å². The fourth-order valence-electron chi connectivity index (χ4n) is 3.72. The summed E-state index contributed by atoms with van der Waals surface area (Å²) in [6, 6.07) is 2.55. The molecule has 0 aromatic carbocycles. The molecule has 2 atom stereocenters. The molecule has 0 bridgehead atoms. The van der Waals surface area contributed by atoms with Gasteiger partial charge in [-0.05, 0) is 24.4 Å². The first kappa shape index (κ1) is 23.2. The van der Waals surface area contributed by atoms with E-state index in [1.807, 2.05) is 16.8 Å². The number of amides is 3. The molecule has 3 heterocycles. The van der Waals surface area contributed by atoms with Crippen LogP contribution >= 0.6 is 0 Å². The zero-order valence-electron chi connectivity index (χ0n) is 19.1. The van der Waals surface area contributed by atoms with Crippen LogP contribution in [0.15, 0.2) is 18.5 Å². The van der Waals surface area contributed by atoms with E-state index in [0.717, 1.165) is 31.3 Å². The first-order chi connectivity index (χ1) is 14.6. The number of nitrogens with one attached hydrogen (secondary N) is 2. The summed E-state index contributed by atoms with van der Waals surface area (Å²) >= 11 is 0. The van der Waals surface area contributed by atoms with Crippen LogP contribution < -0.4 is 10.6 Å². The molecule has 1 fully saturated rings. The highest BCUT2D eigenvalue weighted by Gasteiger charge is 2.27. The van der Waals surface area contributed by atoms with Crippen molar-refractivity contribution in [2.24, 2.45) is 5.92 Å². The van der Waals surface area contributed by atoms with Gasteiger partial charge in [0.2, 0.25) is 5.91 Å². The highest BCUT2D eigenvalue weighted by Crippen LogP contribution is 2.17. The molecular weight excluding hydrogens is 412 g/mol. The second-order valence-electron chi connectivity index (χ2n) is 9.66. The van der Waals surface area contributed by atoms with Crippen LogP contribution in [0.25, 0.3) is 11.2 Å². The molecule has 170 valence electrons. The Balaban J connectivity index is 1.55. The molecule has 3 rings (SSSR count). The Morgan fingerprint density at radius 2 is 2.06 bits per heavy atom. The van der Waals surface area contributed by atoms with Crippen LogP contribution in [0.1, 0.15) is 20.3 Å². The number of anilines is 1. The van der Waals surface area contributed by atoms with Crippen LogP contribution in [0.2, 0.25) is 25.7 Å². The van der Waals surface area contributed by atoms with E-state index in [1.165, 1.54) is 0 Å². The van der Waals surface area contributed by atoms with Crippen LogP contribution in [0.5, 0.6) is 0 Å². The number of nitrogens with zero attached hydrogens (tertiary/aromatic N) is 4. The number of rotatable bonds is 7. The normalized spacial score (nSPS) is 19.5. The Morgan fingerprint density at radius 3 is 2.77 bits per heavy atom. The zero-order valence-corrected chi connectivity index (χ0v) is 20.1. The summed E-state index contributed by atoms with van der Waals surface area (Å²) in [5.74, 6) is 0.755. The van der Waals surface area contributed by atoms with Gasteiger partial charge in [-0.15, -0.1) is 0 Å². The molecule has 2 N–H and O–H groups in total. The molecule has 0 aliphatic carbocycles. The average molecular weight is 447 g/mol. The van der Waals surface area contributed by atoms with Gasteiger partial charge in [0.25, 0.3) is 0 Å². The summed E-state index contributed by atoms with van der Waals surface area (Å²) in [7, 11) is -1.11. The lowest BCUT2D eigenvalue weighted by Crippen LogP contribution is -2.52. The van der Waals surface area contributed by atoms with E-state index in [-0.39, 0.29) is 18.0 Å². The molecule has 31 heavy (non-hydrogen) atoms. The molecule has 0 saturated carbocycles. The van der Waals surface area contributed by atoms with E-state index < -0.39 is 8.07 Å². The fraction of sp³-hybridized carbons (Fsp3) is 0.619. The maximum atomic E-state index is 12.4. The number of carbonyl (C=O) groups excluding carboxylic acids is 2. The number of aromatic nitrogens is 3. The molecule has 0 unspecified atom stereocenters. The number of urea groups is 1. The quantitative estimate of drug-likeness (QED) is 0.503. The number of ether oxygens (including phenoxy) is 1. The molecular formula is C21H34N6O3Si. The summed E-state index contributed by atoms with van der Waals surface area (Å²) < 4.78 is 7.71. The van der Waals surface area contributed by atoms with Crippen molar-refractivity contribution in [3.63, 3.8) is 0 Å². The van der Waals surface area contributed by atoms with Gasteiger partial charge in [-0.2, -0.15) is 0 Å². The van der Waals surface area contributed by atoms with E-state index in [9.17, 15) is 9.59 Å². The monoisotopic (exact) mass is 446 g/mol. The number of likely N-dealkylation sites (tertiary alicyclic amines) is 1. The molecule has 2 aromatic rings. The molecule has 2 aromatic heterocycles. The van der Waals surface area contributed by atoms with E-state index in [0.29, 0.717) is 30.5 Å². The van der Waals surface area contributed by atoms with Crippen LogP contribution in [0, 0.1) is 5.92 Å². The van der Waals surface area contributed by atoms with Gasteiger partial charge in [0, 0.05) is 46.9 Å². The molecule has 1 aliphatic rings. The Bertz CT molecular complexity index is 925. The van der Waals surface area contributed by atoms with Crippen LogP contribution in [0.3, 0.4) is 0 Å². The summed E-state index contributed by atoms with van der Waals surface area (Å²) in [6.07, 6.45) is 4.27. The maximum absolute atomic E-state index is 12.4. The van der Waals surface area contributed by atoms with E-state index in [1.54, 1.807) is 18.0 Å². The molecule has 3 amide bonds. The van der Waals surface area contributed by atoms with E-state index in [4.69, 9.17) is 4.74 Å². The van der Waals surface area contributed by atoms with Gasteiger partial charge in [0.15, 0.2) is 11.5 Å². The summed E-state index contributed by atoms with van der Waals surface area (Å²) in [6.45, 7) is 13.0. The lowest BCUT2D eigenvalue weighted by molar-refractivity contribution is -0.130. The second-order valence-corrected chi connectivity index (χ2v) is 15.3. The lowest BCUT2D eigenvalue weighted by Gasteiger charge is -2.36. The van der Waals surface area contributed by atoms with Gasteiger partial charge in [-0.3, -0.25) is 10.1 Å². The minimum atomic E-state index is -1.11. The zero-order chi connectivity index (χ0) is 22.6. The molecule has 10 heteroatoms. The van der Waals surface area contributed by atoms with Crippen molar-refractivity contribution in [2.45, 2.75) is 58.7 Å². The van der Waals surface area contributed by atoms with Gasteiger partial charge in [-0.1, -0.05) is 26.6 Å². The summed E-state index contributed by atoms with van der Waals surface area (Å²) in [5.41, 5.74) is 1.41. The Morgan fingerprint density at radius 1 is 1.29 bits per heavy atom. The molecule has 0 spiro atoms. The van der Waals surface area contributed by atoms with E-state index in [2.05, 4.69) is 47.2 Å². The van der Waals surface area contributed by atoms with Crippen LogP contribution in [-0.2, 0) is 16.3 Å². The van der Waals surface area contributed by atoms with Gasteiger partial charge >= 0.3 is 6.03 Å². The Kier molecular flexibility index (Phi) is 7.32. The standard InChI is InChI=1S/C21H34N6O3Si/c1-15-10-17(13-27(12-15)16(2)28)23-21(29)25-19-11-22-20-18(24-19)6-7-26(20)14-30-8-9-31(3,4)5/h6-7,11,15,17H,8-10,12-14H2,1-5H3,(H2,23,24,25,29)/t15-,17-/m0/s1. The molecule has 1 aliphatic heterocycles. The average Bonchev–Trinajstić information content (AvgIpc) is 3.06. The molecule has 9 nitrogen and oxygen atoms in total. The van der Waals surface area contributed by atoms with Crippen molar-refractivity contribution < 1.29 is 14.3 Å². The van der Waals surface area contributed by atoms with Crippen molar-refractivity contribution in [1.29, 1.82) is 0 Å². The Labute approximate surface area is 184 Å². The first-order valence-corrected chi connectivity index (χ1v) is 14.5. The highest BCUT2D eigenvalue weighted by molar-refractivity contribution is 6.76. The summed E-state index contributed by atoms with van der Waals surface area (Å²) in [4.78, 5) is 34.8. The predicted octanol–water partition coefficient (Wildman–Crippen LogP) is 3.12. The highest BCUT2D eigenvalue weighted by atomic mass is 28.3. The summed E-state index contributed by atoms with van der Waals surface area (Å²) in [5, 5.41) is 5.70. The number of piperidine rings is 1. The van der Waals surface area contributed by atoms with Crippen molar-refractivity contribution in [3.05, 3.63) is 18.5 Å². The second kappa shape index (κ2) is 9.78. The Hall–Kier alpha value is -2.46. The van der Waals surface area contributed by atoms with Crippen LogP contribution in [-0.4, -0.2) is 65.2 Å². The SMILES string of the molecule is CC(=O)N1C[C@@H](C)C[C@H](NC(=O)Nc2cnc3c(ccn3COCC[Si](C)(C)C)n2)C1. The third-order valence-electron chi connectivity index (χ3n) is 5.37. The lowest BCUT2D eigenvalue weighted by atomic mass is 9.96. The fourth-order valence-corrected chi connectivity index (χ4v) is 4.47. The van der Waals surface area contributed by atoms with Crippen molar-refractivity contribution in [1.82, 2.24) is 24.8 Å². The van der Waals surface area contributed by atoms with Crippen molar-refractivity contribution in [3.8, 4) is 0 Å². The van der Waals surface area contributed by atoms with Crippen molar-refractivity contribution in [2.75, 3.05) is 25.0 Å².